The summed E-state index contributed by atoms with van der Waals surface area (Å²) in [6.07, 6.45) is 0. The van der Waals surface area contributed by atoms with Crippen molar-refractivity contribution < 1.29 is 9.47 Å². The SMILES string of the molecule is COc1ccc(-c2cc(C#N)nn2-c2ccc(OC)cc2)cc1. The van der Waals surface area contributed by atoms with E-state index in [1.54, 1.807) is 25.0 Å². The fourth-order valence-electron chi connectivity index (χ4n) is 2.32. The van der Waals surface area contributed by atoms with Gasteiger partial charge in [-0.25, -0.2) is 4.68 Å². The first kappa shape index (κ1) is 14.7. The molecule has 0 fully saturated rings. The molecule has 0 spiro atoms. The zero-order chi connectivity index (χ0) is 16.2. The Balaban J connectivity index is 2.08. The second kappa shape index (κ2) is 6.24. The molecule has 5 heteroatoms. The highest BCUT2D eigenvalue weighted by Gasteiger charge is 2.12. The Labute approximate surface area is 134 Å². The molecular weight excluding hydrogens is 290 g/mol. The lowest BCUT2D eigenvalue weighted by molar-refractivity contribution is 0.414. The summed E-state index contributed by atoms with van der Waals surface area (Å²) in [6.45, 7) is 0. The first-order valence-electron chi connectivity index (χ1n) is 7.04. The number of nitriles is 1. The van der Waals surface area contributed by atoms with Gasteiger partial charge in [-0.3, -0.25) is 0 Å². The van der Waals surface area contributed by atoms with Crippen LogP contribution in [0.25, 0.3) is 16.9 Å². The molecule has 0 saturated carbocycles. The van der Waals surface area contributed by atoms with Crippen molar-refractivity contribution in [3.8, 4) is 34.5 Å². The average molecular weight is 305 g/mol. The summed E-state index contributed by atoms with van der Waals surface area (Å²) < 4.78 is 12.1. The molecule has 0 aliphatic carbocycles. The number of hydrogen-bond donors (Lipinski definition) is 0. The number of benzene rings is 2. The molecule has 0 aliphatic rings. The van der Waals surface area contributed by atoms with Crippen LogP contribution in [0.3, 0.4) is 0 Å². The van der Waals surface area contributed by atoms with Gasteiger partial charge in [-0.1, -0.05) is 0 Å². The summed E-state index contributed by atoms with van der Waals surface area (Å²) in [7, 11) is 3.25. The van der Waals surface area contributed by atoms with E-state index < -0.39 is 0 Å². The summed E-state index contributed by atoms with van der Waals surface area (Å²) in [5.41, 5.74) is 3.02. The highest BCUT2D eigenvalue weighted by atomic mass is 16.5. The maximum atomic E-state index is 9.17. The van der Waals surface area contributed by atoms with Crippen LogP contribution in [0.2, 0.25) is 0 Å². The molecule has 0 amide bonds. The third-order valence-corrected chi connectivity index (χ3v) is 3.53. The summed E-state index contributed by atoms with van der Waals surface area (Å²) in [5.74, 6) is 1.55. The van der Waals surface area contributed by atoms with Gasteiger partial charge in [0.1, 0.15) is 17.6 Å². The molecule has 114 valence electrons. The fourth-order valence-corrected chi connectivity index (χ4v) is 2.32. The zero-order valence-electron chi connectivity index (χ0n) is 12.9. The van der Waals surface area contributed by atoms with E-state index in [0.29, 0.717) is 5.69 Å². The maximum Gasteiger partial charge on any atom is 0.163 e. The predicted molar refractivity (Wildman–Crippen MR) is 86.8 cm³/mol. The van der Waals surface area contributed by atoms with Gasteiger partial charge in [-0.2, -0.15) is 10.4 Å². The molecular formula is C18H15N3O2. The smallest absolute Gasteiger partial charge is 0.163 e. The van der Waals surface area contributed by atoms with E-state index in [0.717, 1.165) is 28.4 Å². The van der Waals surface area contributed by atoms with Gasteiger partial charge in [-0.15, -0.1) is 0 Å². The monoisotopic (exact) mass is 305 g/mol. The van der Waals surface area contributed by atoms with Crippen LogP contribution in [0, 0.1) is 11.3 Å². The Bertz CT molecular complexity index is 778. The molecule has 1 heterocycles. The fraction of sp³-hybridized carbons (Fsp3) is 0.111. The highest BCUT2D eigenvalue weighted by molar-refractivity contribution is 5.64. The molecule has 1 aromatic heterocycles. The van der Waals surface area contributed by atoms with Crippen molar-refractivity contribution in [1.82, 2.24) is 9.78 Å². The molecule has 3 rings (SSSR count). The molecule has 5 nitrogen and oxygen atoms in total. The van der Waals surface area contributed by atoms with Gasteiger partial charge in [0.2, 0.25) is 0 Å². The number of aromatic nitrogens is 2. The standard InChI is InChI=1S/C18H15N3O2/c1-22-16-7-3-13(4-8-16)18-11-14(12-19)20-21(18)15-5-9-17(23-2)10-6-15/h3-11H,1-2H3. The molecule has 23 heavy (non-hydrogen) atoms. The van der Waals surface area contributed by atoms with Crippen LogP contribution in [0.1, 0.15) is 5.69 Å². The number of nitrogens with zero attached hydrogens (tertiary/aromatic N) is 3. The molecule has 0 saturated heterocycles. The lowest BCUT2D eigenvalue weighted by Crippen LogP contribution is -1.99. The van der Waals surface area contributed by atoms with Crippen LogP contribution in [-0.4, -0.2) is 24.0 Å². The zero-order valence-corrected chi connectivity index (χ0v) is 12.9. The van der Waals surface area contributed by atoms with Crippen LogP contribution >= 0.6 is 0 Å². The number of rotatable bonds is 4. The van der Waals surface area contributed by atoms with Gasteiger partial charge in [-0.05, 0) is 48.5 Å². The molecule has 3 aromatic rings. The normalized spacial score (nSPS) is 10.1. The summed E-state index contributed by atoms with van der Waals surface area (Å²) >= 11 is 0. The Morgan fingerprint density at radius 1 is 0.913 bits per heavy atom. The van der Waals surface area contributed by atoms with E-state index in [4.69, 9.17) is 14.7 Å². The van der Waals surface area contributed by atoms with Gasteiger partial charge >= 0.3 is 0 Å². The van der Waals surface area contributed by atoms with Crippen molar-refractivity contribution in [3.63, 3.8) is 0 Å². The van der Waals surface area contributed by atoms with Crippen molar-refractivity contribution in [2.45, 2.75) is 0 Å². The molecule has 0 radical (unpaired) electrons. The van der Waals surface area contributed by atoms with Crippen molar-refractivity contribution in [2.24, 2.45) is 0 Å². The second-order valence-corrected chi connectivity index (χ2v) is 4.86. The summed E-state index contributed by atoms with van der Waals surface area (Å²) in [6, 6.07) is 19.0. The third kappa shape index (κ3) is 2.87. The van der Waals surface area contributed by atoms with Crippen molar-refractivity contribution in [1.29, 1.82) is 5.26 Å². The van der Waals surface area contributed by atoms with E-state index in [1.165, 1.54) is 0 Å². The molecule has 0 N–H and O–H groups in total. The lowest BCUT2D eigenvalue weighted by Gasteiger charge is -2.09. The van der Waals surface area contributed by atoms with Crippen LogP contribution in [0.4, 0.5) is 0 Å². The van der Waals surface area contributed by atoms with Crippen LogP contribution in [0.15, 0.2) is 54.6 Å². The van der Waals surface area contributed by atoms with Crippen molar-refractivity contribution in [3.05, 3.63) is 60.3 Å². The number of hydrogen-bond acceptors (Lipinski definition) is 4. The van der Waals surface area contributed by atoms with Gasteiger partial charge in [0, 0.05) is 11.6 Å². The molecule has 0 unspecified atom stereocenters. The van der Waals surface area contributed by atoms with Crippen LogP contribution in [0.5, 0.6) is 11.5 Å². The predicted octanol–water partition coefficient (Wildman–Crippen LogP) is 3.43. The Kier molecular flexibility index (Phi) is 3.98. The highest BCUT2D eigenvalue weighted by Crippen LogP contribution is 2.26. The van der Waals surface area contributed by atoms with Gasteiger partial charge < -0.3 is 9.47 Å². The average Bonchev–Trinajstić information content (AvgIpc) is 3.06. The third-order valence-electron chi connectivity index (χ3n) is 3.53. The number of methoxy groups -OCH3 is 2. The molecule has 0 bridgehead atoms. The van der Waals surface area contributed by atoms with Gasteiger partial charge in [0.05, 0.1) is 25.6 Å². The molecule has 0 aliphatic heterocycles. The van der Waals surface area contributed by atoms with E-state index >= 15 is 0 Å². The minimum absolute atomic E-state index is 0.367. The van der Waals surface area contributed by atoms with Gasteiger partial charge in [0.25, 0.3) is 0 Å². The Morgan fingerprint density at radius 3 is 2.00 bits per heavy atom. The van der Waals surface area contributed by atoms with Gasteiger partial charge in [0.15, 0.2) is 5.69 Å². The quantitative estimate of drug-likeness (QED) is 0.741. The summed E-state index contributed by atoms with van der Waals surface area (Å²) in [4.78, 5) is 0. The first-order valence-corrected chi connectivity index (χ1v) is 7.04. The van der Waals surface area contributed by atoms with E-state index in [9.17, 15) is 0 Å². The summed E-state index contributed by atoms with van der Waals surface area (Å²) in [5, 5.41) is 13.5. The minimum Gasteiger partial charge on any atom is -0.497 e. The van der Waals surface area contributed by atoms with E-state index in [-0.39, 0.29) is 0 Å². The van der Waals surface area contributed by atoms with Crippen molar-refractivity contribution in [2.75, 3.05) is 14.2 Å². The van der Waals surface area contributed by atoms with E-state index in [1.807, 2.05) is 48.5 Å². The van der Waals surface area contributed by atoms with Crippen LogP contribution < -0.4 is 9.47 Å². The van der Waals surface area contributed by atoms with E-state index in [2.05, 4.69) is 11.2 Å². The largest absolute Gasteiger partial charge is 0.497 e. The first-order chi connectivity index (χ1) is 11.2. The number of ether oxygens (including phenoxy) is 2. The minimum atomic E-state index is 0.367. The molecule has 0 atom stereocenters. The topological polar surface area (TPSA) is 60.1 Å². The van der Waals surface area contributed by atoms with Crippen molar-refractivity contribution >= 4 is 0 Å². The van der Waals surface area contributed by atoms with Crippen LogP contribution in [-0.2, 0) is 0 Å². The lowest BCUT2D eigenvalue weighted by atomic mass is 10.1. The molecule has 2 aromatic carbocycles. The maximum absolute atomic E-state index is 9.17. The second-order valence-electron chi connectivity index (χ2n) is 4.86. The Morgan fingerprint density at radius 2 is 1.48 bits per heavy atom. The Hall–Kier alpha value is -3.26.